The number of nitrogens with one attached hydrogen (secondary N) is 1. The van der Waals surface area contributed by atoms with Crippen molar-refractivity contribution >= 4 is 29.5 Å². The Bertz CT molecular complexity index is 1100. The van der Waals surface area contributed by atoms with Crippen molar-refractivity contribution < 1.29 is 18.7 Å². The second-order valence-electron chi connectivity index (χ2n) is 7.99. The highest BCUT2D eigenvalue weighted by atomic mass is 19.1. The number of hydrogen-bond acceptors (Lipinski definition) is 7. The molecule has 2 saturated heterocycles. The molecular formula is C22H24FN7O3. The number of hydrogen-bond donors (Lipinski definition) is 1. The van der Waals surface area contributed by atoms with Crippen LogP contribution in [0.5, 0.6) is 0 Å². The van der Waals surface area contributed by atoms with Crippen molar-refractivity contribution in [1.29, 1.82) is 5.26 Å². The van der Waals surface area contributed by atoms with Crippen molar-refractivity contribution in [3.63, 3.8) is 0 Å². The second-order valence-corrected chi connectivity index (χ2v) is 7.99. The maximum absolute atomic E-state index is 15.0. The van der Waals surface area contributed by atoms with E-state index < -0.39 is 18.0 Å². The molecule has 3 heterocycles. The number of cyclic esters (lactones) is 1. The summed E-state index contributed by atoms with van der Waals surface area (Å²) in [5.74, 6) is -0.613. The Morgan fingerprint density at radius 3 is 2.88 bits per heavy atom. The monoisotopic (exact) mass is 453 g/mol. The lowest BCUT2D eigenvalue weighted by Gasteiger charge is -2.33. The van der Waals surface area contributed by atoms with Gasteiger partial charge in [0.05, 0.1) is 42.8 Å². The van der Waals surface area contributed by atoms with Crippen molar-refractivity contribution in [2.75, 3.05) is 36.0 Å². The number of carbonyl (C=O) groups is 2. The molecule has 1 atom stereocenters. The number of nitrogens with zero attached hydrogens (tertiary/aromatic N) is 6. The van der Waals surface area contributed by atoms with E-state index in [2.05, 4.69) is 15.6 Å². The van der Waals surface area contributed by atoms with Gasteiger partial charge in [0.2, 0.25) is 5.91 Å². The van der Waals surface area contributed by atoms with Gasteiger partial charge in [-0.25, -0.2) is 13.9 Å². The standard InChI is InChI=1S/C22H24FN7O3/c1-15(31)25-12-19-14-29(22(32)33-19)18-4-5-21(20(23)11-18)28-9-6-17(7-10-28)30-13-16(26-27-30)3-2-8-24/h2-5,11,13,17,19H,6-7,9-10,12,14H2,1H3,(H,25,31)/t19-/m0/s1. The number of rotatable bonds is 6. The molecule has 1 N–H and O–H groups in total. The lowest BCUT2D eigenvalue weighted by molar-refractivity contribution is -0.119. The molecule has 2 aromatic rings. The third-order valence-corrected chi connectivity index (χ3v) is 5.73. The molecule has 2 fully saturated rings. The van der Waals surface area contributed by atoms with Gasteiger partial charge in [-0.2, -0.15) is 5.26 Å². The van der Waals surface area contributed by atoms with Crippen LogP contribution in [0.1, 0.15) is 31.5 Å². The van der Waals surface area contributed by atoms with Crippen LogP contribution in [0.2, 0.25) is 0 Å². The van der Waals surface area contributed by atoms with Crippen LogP contribution < -0.4 is 15.1 Å². The lowest BCUT2D eigenvalue weighted by atomic mass is 10.0. The Balaban J connectivity index is 1.37. The van der Waals surface area contributed by atoms with Crippen LogP contribution in [0.15, 0.2) is 30.5 Å². The quantitative estimate of drug-likeness (QED) is 0.667. The first-order chi connectivity index (χ1) is 15.9. The number of allylic oxidation sites excluding steroid dienone is 1. The normalized spacial score (nSPS) is 19.1. The molecule has 2 aliphatic rings. The summed E-state index contributed by atoms with van der Waals surface area (Å²) in [7, 11) is 0. The number of halogens is 1. The third kappa shape index (κ3) is 5.11. The molecule has 11 heteroatoms. The highest BCUT2D eigenvalue weighted by molar-refractivity contribution is 5.90. The fraction of sp³-hybridized carbons (Fsp3) is 0.409. The van der Waals surface area contributed by atoms with Gasteiger partial charge in [-0.15, -0.1) is 5.10 Å². The van der Waals surface area contributed by atoms with Crippen LogP contribution in [-0.2, 0) is 9.53 Å². The molecule has 0 unspecified atom stereocenters. The summed E-state index contributed by atoms with van der Waals surface area (Å²) in [5, 5.41) is 19.4. The summed E-state index contributed by atoms with van der Waals surface area (Å²) >= 11 is 0. The van der Waals surface area contributed by atoms with Crippen LogP contribution in [0.4, 0.5) is 20.6 Å². The van der Waals surface area contributed by atoms with E-state index in [1.807, 2.05) is 11.0 Å². The van der Waals surface area contributed by atoms with Gasteiger partial charge in [-0.3, -0.25) is 9.69 Å². The van der Waals surface area contributed by atoms with E-state index in [0.29, 0.717) is 30.2 Å². The van der Waals surface area contributed by atoms with E-state index in [0.717, 1.165) is 12.8 Å². The second kappa shape index (κ2) is 9.68. The fourth-order valence-electron chi connectivity index (χ4n) is 4.06. The Labute approximate surface area is 190 Å². The summed E-state index contributed by atoms with van der Waals surface area (Å²) in [6.45, 7) is 3.15. The van der Waals surface area contributed by atoms with Crippen LogP contribution in [-0.4, -0.2) is 59.3 Å². The van der Waals surface area contributed by atoms with Crippen LogP contribution in [0, 0.1) is 17.1 Å². The SMILES string of the molecule is CC(=O)NC[C@H]1CN(c2ccc(N3CCC(n4cc(C=CC#N)nn4)CC3)c(F)c2)C(=O)O1. The highest BCUT2D eigenvalue weighted by Gasteiger charge is 2.33. The molecule has 0 spiro atoms. The van der Waals surface area contributed by atoms with E-state index in [4.69, 9.17) is 10.00 Å². The summed E-state index contributed by atoms with van der Waals surface area (Å²) in [6.07, 6.45) is 5.27. The zero-order valence-corrected chi connectivity index (χ0v) is 18.1. The smallest absolute Gasteiger partial charge is 0.414 e. The van der Waals surface area contributed by atoms with Gasteiger partial charge in [-0.1, -0.05) is 5.21 Å². The third-order valence-electron chi connectivity index (χ3n) is 5.73. The molecule has 10 nitrogen and oxygen atoms in total. The van der Waals surface area contributed by atoms with E-state index in [1.54, 1.807) is 29.1 Å². The van der Waals surface area contributed by atoms with Gasteiger partial charge in [0.25, 0.3) is 0 Å². The molecule has 2 amide bonds. The maximum Gasteiger partial charge on any atom is 0.414 e. The van der Waals surface area contributed by atoms with E-state index >= 15 is 0 Å². The zero-order chi connectivity index (χ0) is 23.4. The van der Waals surface area contributed by atoms with Crippen molar-refractivity contribution in [2.45, 2.75) is 31.9 Å². The van der Waals surface area contributed by atoms with Crippen LogP contribution in [0.3, 0.4) is 0 Å². The van der Waals surface area contributed by atoms with E-state index in [1.165, 1.54) is 24.0 Å². The summed E-state index contributed by atoms with van der Waals surface area (Å²) in [5.41, 5.74) is 1.53. The molecule has 0 saturated carbocycles. The van der Waals surface area contributed by atoms with Gasteiger partial charge < -0.3 is 15.0 Å². The van der Waals surface area contributed by atoms with Gasteiger partial charge >= 0.3 is 6.09 Å². The minimum Gasteiger partial charge on any atom is -0.442 e. The fourth-order valence-corrected chi connectivity index (χ4v) is 4.06. The molecule has 0 radical (unpaired) electrons. The number of piperidine rings is 1. The lowest BCUT2D eigenvalue weighted by Crippen LogP contribution is -2.35. The van der Waals surface area contributed by atoms with E-state index in [9.17, 15) is 14.0 Å². The van der Waals surface area contributed by atoms with Gasteiger partial charge in [-0.05, 0) is 37.1 Å². The number of anilines is 2. The average Bonchev–Trinajstić information content (AvgIpc) is 3.43. The molecule has 0 aliphatic carbocycles. The Kier molecular flexibility index (Phi) is 6.53. The Hall–Kier alpha value is -3.94. The number of benzene rings is 1. The van der Waals surface area contributed by atoms with Crippen molar-refractivity contribution in [3.05, 3.63) is 42.0 Å². The summed E-state index contributed by atoms with van der Waals surface area (Å²) in [6, 6.07) is 6.81. The number of nitriles is 1. The van der Waals surface area contributed by atoms with Crippen molar-refractivity contribution in [3.8, 4) is 6.07 Å². The molecule has 0 bridgehead atoms. The predicted octanol–water partition coefficient (Wildman–Crippen LogP) is 2.26. The Morgan fingerprint density at radius 2 is 2.18 bits per heavy atom. The maximum atomic E-state index is 15.0. The predicted molar refractivity (Wildman–Crippen MR) is 118 cm³/mol. The van der Waals surface area contributed by atoms with Crippen molar-refractivity contribution in [2.24, 2.45) is 0 Å². The number of ether oxygens (including phenoxy) is 1. The number of carbonyl (C=O) groups excluding carboxylic acids is 2. The average molecular weight is 453 g/mol. The molecule has 1 aromatic carbocycles. The van der Waals surface area contributed by atoms with E-state index in [-0.39, 0.29) is 25.0 Å². The summed E-state index contributed by atoms with van der Waals surface area (Å²) in [4.78, 5) is 26.6. The Morgan fingerprint density at radius 1 is 1.39 bits per heavy atom. The molecule has 4 rings (SSSR count). The summed E-state index contributed by atoms with van der Waals surface area (Å²) < 4.78 is 22.0. The molecule has 172 valence electrons. The minimum absolute atomic E-state index is 0.153. The van der Waals surface area contributed by atoms with Crippen molar-refractivity contribution in [1.82, 2.24) is 20.3 Å². The van der Waals surface area contributed by atoms with Gasteiger partial charge in [0.1, 0.15) is 17.6 Å². The molecule has 1 aromatic heterocycles. The molecule has 33 heavy (non-hydrogen) atoms. The number of aromatic nitrogens is 3. The first-order valence-electron chi connectivity index (χ1n) is 10.7. The highest BCUT2D eigenvalue weighted by Crippen LogP contribution is 2.31. The largest absolute Gasteiger partial charge is 0.442 e. The van der Waals surface area contributed by atoms with Crippen LogP contribution >= 0.6 is 0 Å². The topological polar surface area (TPSA) is 116 Å². The minimum atomic E-state index is -0.560. The van der Waals surface area contributed by atoms with Crippen LogP contribution in [0.25, 0.3) is 6.08 Å². The molecule has 2 aliphatic heterocycles. The molecular weight excluding hydrogens is 429 g/mol. The first kappa shape index (κ1) is 22.3. The zero-order valence-electron chi connectivity index (χ0n) is 18.1. The van der Waals surface area contributed by atoms with Gasteiger partial charge in [0.15, 0.2) is 0 Å². The number of amides is 2. The van der Waals surface area contributed by atoms with Gasteiger partial charge in [0, 0.05) is 26.1 Å². The first-order valence-corrected chi connectivity index (χ1v) is 10.7.